The molecule has 0 bridgehead atoms. The third-order valence-electron chi connectivity index (χ3n) is 4.83. The monoisotopic (exact) mass is 408 g/mol. The number of carbonyl (C=O) groups excluding carboxylic acids is 3. The van der Waals surface area contributed by atoms with E-state index in [-0.39, 0.29) is 19.6 Å². The molecule has 1 heterocycles. The molecule has 0 aliphatic carbocycles. The van der Waals surface area contributed by atoms with Crippen molar-refractivity contribution in [3.8, 4) is 0 Å². The van der Waals surface area contributed by atoms with Crippen LogP contribution < -0.4 is 5.32 Å². The maximum absolute atomic E-state index is 13.1. The highest BCUT2D eigenvalue weighted by atomic mass is 16.6. The molecular weight excluding hydrogens is 384 g/mol. The molecule has 0 saturated heterocycles. The topological polar surface area (TPSA) is 95.9 Å². The fraction of sp³-hybridized carbons (Fsp3) is 0.261. The normalized spacial score (nSPS) is 18.9. The number of rotatable bonds is 8. The minimum absolute atomic E-state index is 0.0283. The van der Waals surface area contributed by atoms with Gasteiger partial charge in [-0.15, -0.1) is 0 Å². The zero-order chi connectivity index (χ0) is 21.6. The predicted molar refractivity (Wildman–Crippen MR) is 110 cm³/mol. The number of benzene rings is 2. The summed E-state index contributed by atoms with van der Waals surface area (Å²) < 4.78 is 4.95. The number of aliphatic hydroxyl groups is 1. The van der Waals surface area contributed by atoms with Gasteiger partial charge >= 0.3 is 5.97 Å². The van der Waals surface area contributed by atoms with E-state index in [1.54, 1.807) is 6.92 Å². The van der Waals surface area contributed by atoms with Crippen LogP contribution in [-0.4, -0.2) is 46.2 Å². The van der Waals surface area contributed by atoms with Crippen LogP contribution in [-0.2, 0) is 32.1 Å². The number of ether oxygens (including phenoxy) is 1. The molecule has 7 heteroatoms. The van der Waals surface area contributed by atoms with Gasteiger partial charge in [0, 0.05) is 19.0 Å². The molecule has 0 radical (unpaired) electrons. The quantitative estimate of drug-likeness (QED) is 0.647. The molecule has 2 aromatic rings. The zero-order valence-corrected chi connectivity index (χ0v) is 16.7. The molecule has 0 unspecified atom stereocenters. The van der Waals surface area contributed by atoms with Crippen LogP contribution in [0.25, 0.3) is 0 Å². The Kier molecular flexibility index (Phi) is 6.64. The predicted octanol–water partition coefficient (Wildman–Crippen LogP) is 1.56. The maximum atomic E-state index is 13.1. The van der Waals surface area contributed by atoms with Gasteiger partial charge in [-0.3, -0.25) is 14.5 Å². The molecule has 3 rings (SSSR count). The van der Waals surface area contributed by atoms with Crippen molar-refractivity contribution in [2.75, 3.05) is 6.61 Å². The molecule has 1 aliphatic rings. The largest absolute Gasteiger partial charge is 0.462 e. The second-order valence-corrected chi connectivity index (χ2v) is 6.90. The van der Waals surface area contributed by atoms with Crippen LogP contribution in [0.5, 0.6) is 0 Å². The molecule has 7 nitrogen and oxygen atoms in total. The lowest BCUT2D eigenvalue weighted by Gasteiger charge is -2.36. The lowest BCUT2D eigenvalue weighted by molar-refractivity contribution is -0.184. The van der Waals surface area contributed by atoms with Gasteiger partial charge in [-0.25, -0.2) is 4.79 Å². The van der Waals surface area contributed by atoms with E-state index in [1.165, 1.54) is 0 Å². The first-order valence-electron chi connectivity index (χ1n) is 9.73. The number of hydrogen-bond acceptors (Lipinski definition) is 5. The zero-order valence-electron chi connectivity index (χ0n) is 16.7. The Labute approximate surface area is 175 Å². The number of carbonyl (C=O) groups is 3. The average molecular weight is 408 g/mol. The van der Waals surface area contributed by atoms with E-state index in [4.69, 9.17) is 4.74 Å². The Morgan fingerprint density at radius 2 is 1.67 bits per heavy atom. The molecule has 1 aliphatic heterocycles. The summed E-state index contributed by atoms with van der Waals surface area (Å²) in [6.45, 7) is 1.87. The fourth-order valence-corrected chi connectivity index (χ4v) is 3.35. The highest BCUT2D eigenvalue weighted by molar-refractivity contribution is 6.01. The van der Waals surface area contributed by atoms with Crippen molar-refractivity contribution in [3.05, 3.63) is 83.9 Å². The summed E-state index contributed by atoms with van der Waals surface area (Å²) in [7, 11) is 0. The van der Waals surface area contributed by atoms with E-state index in [2.05, 4.69) is 5.32 Å². The van der Waals surface area contributed by atoms with Crippen LogP contribution in [0.2, 0.25) is 0 Å². The summed E-state index contributed by atoms with van der Waals surface area (Å²) in [5.74, 6) is -2.12. The Hall–Kier alpha value is -3.45. The van der Waals surface area contributed by atoms with Gasteiger partial charge in [0.05, 0.1) is 6.61 Å². The highest BCUT2D eigenvalue weighted by Crippen LogP contribution is 2.28. The van der Waals surface area contributed by atoms with Crippen LogP contribution in [0, 0.1) is 0 Å². The third kappa shape index (κ3) is 4.58. The third-order valence-corrected chi connectivity index (χ3v) is 4.83. The van der Waals surface area contributed by atoms with Crippen molar-refractivity contribution in [2.24, 2.45) is 0 Å². The van der Waals surface area contributed by atoms with Gasteiger partial charge < -0.3 is 15.2 Å². The van der Waals surface area contributed by atoms with E-state index in [0.717, 1.165) is 28.2 Å². The maximum Gasteiger partial charge on any atom is 0.364 e. The van der Waals surface area contributed by atoms with Gasteiger partial charge in [-0.1, -0.05) is 60.7 Å². The number of hydrogen-bond donors (Lipinski definition) is 2. The standard InChI is InChI=1S/C23H24N2O5/c1-2-30-22(28)23(29)14-13-20(26)25(23)19(15-17-9-5-3-6-10-17)21(27)24-16-18-11-7-4-8-12-18/h3-14,19,29H,2,15-16H2,1H3,(H,24,27)/t19-,23+/m0/s1. The Balaban J connectivity index is 1.88. The minimum Gasteiger partial charge on any atom is -0.462 e. The molecule has 0 fully saturated rings. The van der Waals surface area contributed by atoms with Crippen molar-refractivity contribution in [3.63, 3.8) is 0 Å². The fourth-order valence-electron chi connectivity index (χ4n) is 3.35. The van der Waals surface area contributed by atoms with Gasteiger partial charge in [0.15, 0.2) is 0 Å². The van der Waals surface area contributed by atoms with Crippen LogP contribution in [0.15, 0.2) is 72.8 Å². The smallest absolute Gasteiger partial charge is 0.364 e. The minimum atomic E-state index is -2.34. The summed E-state index contributed by atoms with van der Waals surface area (Å²) in [4.78, 5) is 39.0. The molecule has 0 saturated carbocycles. The van der Waals surface area contributed by atoms with Gasteiger partial charge in [-0.2, -0.15) is 0 Å². The molecule has 2 aromatic carbocycles. The average Bonchev–Trinajstić information content (AvgIpc) is 3.07. The highest BCUT2D eigenvalue weighted by Gasteiger charge is 2.52. The first kappa shape index (κ1) is 21.3. The van der Waals surface area contributed by atoms with Crippen molar-refractivity contribution < 1.29 is 24.2 Å². The summed E-state index contributed by atoms with van der Waals surface area (Å²) in [5, 5.41) is 13.8. The van der Waals surface area contributed by atoms with Crippen LogP contribution in [0.4, 0.5) is 0 Å². The van der Waals surface area contributed by atoms with Crippen molar-refractivity contribution in [1.29, 1.82) is 0 Å². The summed E-state index contributed by atoms with van der Waals surface area (Å²) in [6.07, 6.45) is 2.27. The number of esters is 1. The number of nitrogens with zero attached hydrogens (tertiary/aromatic N) is 1. The van der Waals surface area contributed by atoms with E-state index in [0.29, 0.717) is 0 Å². The summed E-state index contributed by atoms with van der Waals surface area (Å²) >= 11 is 0. The molecular formula is C23H24N2O5. The molecule has 0 spiro atoms. The van der Waals surface area contributed by atoms with Crippen molar-refractivity contribution in [2.45, 2.75) is 31.7 Å². The van der Waals surface area contributed by atoms with E-state index >= 15 is 0 Å². The van der Waals surface area contributed by atoms with E-state index in [9.17, 15) is 19.5 Å². The lowest BCUT2D eigenvalue weighted by Crippen LogP contribution is -2.61. The second-order valence-electron chi connectivity index (χ2n) is 6.90. The van der Waals surface area contributed by atoms with Gasteiger partial charge in [0.2, 0.25) is 11.8 Å². The SMILES string of the molecule is CCOC(=O)[C@]1(O)C=CC(=O)N1[C@@H](Cc1ccccc1)C(=O)NCc1ccccc1. The molecule has 2 atom stereocenters. The molecule has 2 amide bonds. The Bertz CT molecular complexity index is 929. The summed E-state index contributed by atoms with van der Waals surface area (Å²) in [6, 6.07) is 17.3. The molecule has 0 aromatic heterocycles. The molecule has 30 heavy (non-hydrogen) atoms. The summed E-state index contributed by atoms with van der Waals surface area (Å²) in [5.41, 5.74) is -0.671. The van der Waals surface area contributed by atoms with Gasteiger partial charge in [-0.05, 0) is 24.1 Å². The first-order valence-corrected chi connectivity index (χ1v) is 9.73. The first-order chi connectivity index (χ1) is 14.5. The molecule has 2 N–H and O–H groups in total. The lowest BCUT2D eigenvalue weighted by atomic mass is 10.0. The van der Waals surface area contributed by atoms with E-state index < -0.39 is 29.6 Å². The molecule has 156 valence electrons. The van der Waals surface area contributed by atoms with Crippen molar-refractivity contribution >= 4 is 17.8 Å². The Morgan fingerprint density at radius 3 is 2.27 bits per heavy atom. The van der Waals surface area contributed by atoms with E-state index in [1.807, 2.05) is 60.7 Å². The van der Waals surface area contributed by atoms with Crippen LogP contribution in [0.3, 0.4) is 0 Å². The number of nitrogens with one attached hydrogen (secondary N) is 1. The van der Waals surface area contributed by atoms with Gasteiger partial charge in [0.25, 0.3) is 5.72 Å². The van der Waals surface area contributed by atoms with Gasteiger partial charge in [0.1, 0.15) is 6.04 Å². The van der Waals surface area contributed by atoms with Crippen molar-refractivity contribution in [1.82, 2.24) is 10.2 Å². The van der Waals surface area contributed by atoms with Crippen LogP contribution >= 0.6 is 0 Å². The second kappa shape index (κ2) is 9.37. The Morgan fingerprint density at radius 1 is 1.07 bits per heavy atom. The van der Waals surface area contributed by atoms with Crippen LogP contribution in [0.1, 0.15) is 18.1 Å². The number of amides is 2.